The summed E-state index contributed by atoms with van der Waals surface area (Å²) in [7, 11) is 1.65. The monoisotopic (exact) mass is 281 g/mol. The van der Waals surface area contributed by atoms with Gasteiger partial charge in [-0.05, 0) is 37.5 Å². The molecule has 2 aliphatic carbocycles. The average molecular weight is 281 g/mol. The largest absolute Gasteiger partial charge is 0.480 e. The second-order valence-electron chi connectivity index (χ2n) is 6.53. The van der Waals surface area contributed by atoms with E-state index >= 15 is 0 Å². The Morgan fingerprint density at radius 3 is 2.40 bits per heavy atom. The Hall–Kier alpha value is -1.06. The second kappa shape index (κ2) is 6.59. The van der Waals surface area contributed by atoms with Crippen LogP contribution in [-0.4, -0.2) is 35.0 Å². The van der Waals surface area contributed by atoms with Gasteiger partial charge in [0.15, 0.2) is 0 Å². The molecule has 0 aliphatic heterocycles. The van der Waals surface area contributed by atoms with Gasteiger partial charge in [0.25, 0.3) is 0 Å². The molecule has 20 heavy (non-hydrogen) atoms. The van der Waals surface area contributed by atoms with Gasteiger partial charge in [-0.3, -0.25) is 4.79 Å². The third kappa shape index (κ3) is 3.15. The lowest BCUT2D eigenvalue weighted by atomic mass is 9.67. The highest BCUT2D eigenvalue weighted by Gasteiger charge is 2.37. The minimum atomic E-state index is -0.894. The van der Waals surface area contributed by atoms with Crippen LogP contribution in [0, 0.1) is 17.8 Å². The van der Waals surface area contributed by atoms with Crippen molar-refractivity contribution >= 4 is 11.9 Å². The lowest BCUT2D eigenvalue weighted by molar-refractivity contribution is -0.151. The van der Waals surface area contributed by atoms with Crippen molar-refractivity contribution in [3.63, 3.8) is 0 Å². The number of hydrogen-bond donors (Lipinski definition) is 1. The molecule has 1 amide bonds. The summed E-state index contributed by atoms with van der Waals surface area (Å²) < 4.78 is 0. The predicted molar refractivity (Wildman–Crippen MR) is 77.3 cm³/mol. The zero-order valence-corrected chi connectivity index (χ0v) is 12.7. The highest BCUT2D eigenvalue weighted by atomic mass is 16.4. The van der Waals surface area contributed by atoms with Crippen molar-refractivity contribution in [3.05, 3.63) is 0 Å². The first-order valence-corrected chi connectivity index (χ1v) is 8.04. The van der Waals surface area contributed by atoms with Crippen LogP contribution in [0.4, 0.5) is 0 Å². The van der Waals surface area contributed by atoms with Crippen LogP contribution in [0.3, 0.4) is 0 Å². The number of carbonyl (C=O) groups excluding carboxylic acids is 1. The first-order valence-electron chi connectivity index (χ1n) is 8.04. The molecule has 0 heterocycles. The summed E-state index contributed by atoms with van der Waals surface area (Å²) in [4.78, 5) is 25.2. The fourth-order valence-electron chi connectivity index (χ4n) is 4.15. The van der Waals surface area contributed by atoms with Crippen LogP contribution in [0.15, 0.2) is 0 Å². The number of amides is 1. The molecule has 0 bridgehead atoms. The Morgan fingerprint density at radius 1 is 1.15 bits per heavy atom. The van der Waals surface area contributed by atoms with Gasteiger partial charge in [0.05, 0.1) is 0 Å². The zero-order valence-electron chi connectivity index (χ0n) is 12.7. The summed E-state index contributed by atoms with van der Waals surface area (Å²) in [6.45, 7) is 1.82. The second-order valence-corrected chi connectivity index (χ2v) is 6.53. The summed E-state index contributed by atoms with van der Waals surface area (Å²) >= 11 is 0. The fourth-order valence-corrected chi connectivity index (χ4v) is 4.15. The van der Waals surface area contributed by atoms with E-state index in [1.165, 1.54) is 30.6 Å². The van der Waals surface area contributed by atoms with Crippen LogP contribution >= 0.6 is 0 Å². The molecular formula is C16H27NO3. The van der Waals surface area contributed by atoms with Gasteiger partial charge in [0, 0.05) is 13.0 Å². The maximum atomic E-state index is 12.5. The molecule has 2 fully saturated rings. The number of likely N-dealkylation sites (N-methyl/N-ethyl adjacent to an activating group) is 1. The quantitative estimate of drug-likeness (QED) is 0.862. The fraction of sp³-hybridized carbons (Fsp3) is 0.875. The molecule has 2 aliphatic rings. The van der Waals surface area contributed by atoms with Crippen molar-refractivity contribution < 1.29 is 14.7 Å². The summed E-state index contributed by atoms with van der Waals surface area (Å²) in [6, 6.07) is -0.674. The maximum Gasteiger partial charge on any atom is 0.326 e. The van der Waals surface area contributed by atoms with Crippen LogP contribution in [0.1, 0.15) is 58.3 Å². The Balaban J connectivity index is 1.97. The van der Waals surface area contributed by atoms with Crippen molar-refractivity contribution in [2.75, 3.05) is 7.05 Å². The van der Waals surface area contributed by atoms with Crippen molar-refractivity contribution in [2.45, 2.75) is 64.3 Å². The van der Waals surface area contributed by atoms with E-state index in [1.54, 1.807) is 7.05 Å². The highest BCUT2D eigenvalue weighted by molar-refractivity contribution is 5.84. The van der Waals surface area contributed by atoms with Crippen molar-refractivity contribution in [1.82, 2.24) is 4.90 Å². The summed E-state index contributed by atoms with van der Waals surface area (Å²) in [6.07, 6.45) is 8.77. The molecule has 4 heteroatoms. The SMILES string of the molecule is CCC(C(=O)O)N(C)C(=O)C1CCC2CCCCC2C1. The molecule has 0 aromatic carbocycles. The van der Waals surface area contributed by atoms with Crippen molar-refractivity contribution in [2.24, 2.45) is 17.8 Å². The van der Waals surface area contributed by atoms with Crippen LogP contribution < -0.4 is 0 Å². The molecule has 4 nitrogen and oxygen atoms in total. The third-order valence-corrected chi connectivity index (χ3v) is 5.38. The Bertz CT molecular complexity index is 369. The number of carbonyl (C=O) groups is 2. The van der Waals surface area contributed by atoms with E-state index in [0.717, 1.165) is 25.2 Å². The molecule has 1 N–H and O–H groups in total. The maximum absolute atomic E-state index is 12.5. The topological polar surface area (TPSA) is 57.6 Å². The number of carboxylic acid groups (broad SMARTS) is 1. The van der Waals surface area contributed by atoms with Crippen LogP contribution in [0.2, 0.25) is 0 Å². The number of aliphatic carboxylic acids is 1. The number of rotatable bonds is 4. The Labute approximate surface area is 121 Å². The van der Waals surface area contributed by atoms with Crippen molar-refractivity contribution in [1.29, 1.82) is 0 Å². The molecular weight excluding hydrogens is 254 g/mol. The normalized spacial score (nSPS) is 31.2. The van der Waals surface area contributed by atoms with Gasteiger partial charge in [-0.1, -0.05) is 32.6 Å². The van der Waals surface area contributed by atoms with E-state index in [9.17, 15) is 14.7 Å². The number of nitrogens with zero attached hydrogens (tertiary/aromatic N) is 1. The first kappa shape index (κ1) is 15.3. The van der Waals surface area contributed by atoms with Gasteiger partial charge in [-0.2, -0.15) is 0 Å². The van der Waals surface area contributed by atoms with Gasteiger partial charge in [0.2, 0.25) is 5.91 Å². The van der Waals surface area contributed by atoms with Gasteiger partial charge in [-0.15, -0.1) is 0 Å². The third-order valence-electron chi connectivity index (χ3n) is 5.38. The highest BCUT2D eigenvalue weighted by Crippen LogP contribution is 2.43. The van der Waals surface area contributed by atoms with Crippen molar-refractivity contribution in [3.8, 4) is 0 Å². The minimum Gasteiger partial charge on any atom is -0.480 e. The molecule has 2 saturated carbocycles. The first-order chi connectivity index (χ1) is 9.54. The Kier molecular flexibility index (Phi) is 5.06. The van der Waals surface area contributed by atoms with Crippen LogP contribution in [-0.2, 0) is 9.59 Å². The molecule has 4 atom stereocenters. The lowest BCUT2D eigenvalue weighted by Gasteiger charge is -2.40. The molecule has 0 saturated heterocycles. The van der Waals surface area contributed by atoms with E-state index in [-0.39, 0.29) is 11.8 Å². The van der Waals surface area contributed by atoms with Gasteiger partial charge in [-0.25, -0.2) is 4.79 Å². The molecule has 0 aromatic rings. The number of fused-ring (bicyclic) bond motifs is 1. The van der Waals surface area contributed by atoms with Gasteiger partial charge in [0.1, 0.15) is 6.04 Å². The van der Waals surface area contributed by atoms with Gasteiger partial charge < -0.3 is 10.0 Å². The standard InChI is InChI=1S/C16H27NO3/c1-3-14(16(19)20)17(2)15(18)13-9-8-11-6-4-5-7-12(11)10-13/h11-14H,3-10H2,1-2H3,(H,19,20). The molecule has 114 valence electrons. The van der Waals surface area contributed by atoms with E-state index in [1.807, 2.05) is 6.92 Å². The van der Waals surface area contributed by atoms with E-state index in [4.69, 9.17) is 0 Å². The van der Waals surface area contributed by atoms with Gasteiger partial charge >= 0.3 is 5.97 Å². The summed E-state index contributed by atoms with van der Waals surface area (Å²) in [5.74, 6) is 0.718. The minimum absolute atomic E-state index is 0.0447. The zero-order chi connectivity index (χ0) is 14.7. The number of hydrogen-bond acceptors (Lipinski definition) is 2. The van der Waals surface area contributed by atoms with E-state index in [0.29, 0.717) is 12.3 Å². The lowest BCUT2D eigenvalue weighted by Crippen LogP contribution is -2.46. The summed E-state index contributed by atoms with van der Waals surface area (Å²) in [5, 5.41) is 9.18. The predicted octanol–water partition coefficient (Wildman–Crippen LogP) is 2.91. The smallest absolute Gasteiger partial charge is 0.326 e. The average Bonchev–Trinajstić information content (AvgIpc) is 2.46. The number of carboxylic acids is 1. The molecule has 4 unspecified atom stereocenters. The molecule has 0 spiro atoms. The van der Waals surface area contributed by atoms with Crippen LogP contribution in [0.5, 0.6) is 0 Å². The van der Waals surface area contributed by atoms with E-state index in [2.05, 4.69) is 0 Å². The Morgan fingerprint density at radius 2 is 1.80 bits per heavy atom. The molecule has 2 rings (SSSR count). The summed E-state index contributed by atoms with van der Waals surface area (Å²) in [5.41, 5.74) is 0. The van der Waals surface area contributed by atoms with E-state index < -0.39 is 12.0 Å². The van der Waals surface area contributed by atoms with Crippen LogP contribution in [0.25, 0.3) is 0 Å². The molecule has 0 radical (unpaired) electrons. The molecule has 0 aromatic heterocycles.